The number of rotatable bonds is 2. The van der Waals surface area contributed by atoms with E-state index in [9.17, 15) is 5.11 Å². The summed E-state index contributed by atoms with van der Waals surface area (Å²) in [4.78, 5) is 4.91. The summed E-state index contributed by atoms with van der Waals surface area (Å²) in [6.07, 6.45) is 1.26. The van der Waals surface area contributed by atoms with Crippen LogP contribution in [0.25, 0.3) is 0 Å². The zero-order valence-corrected chi connectivity index (χ0v) is 14.9. The van der Waals surface area contributed by atoms with Crippen LogP contribution >= 0.6 is 0 Å². The Labute approximate surface area is 149 Å². The second-order valence-corrected chi connectivity index (χ2v) is 7.34. The molecule has 1 heterocycles. The Morgan fingerprint density at radius 3 is 2.48 bits per heavy atom. The van der Waals surface area contributed by atoms with Gasteiger partial charge in [-0.15, -0.1) is 0 Å². The van der Waals surface area contributed by atoms with E-state index in [1.165, 1.54) is 22.4 Å². The van der Waals surface area contributed by atoms with Crippen LogP contribution in [0, 0.1) is 6.92 Å². The van der Waals surface area contributed by atoms with Gasteiger partial charge in [0.15, 0.2) is 0 Å². The molecule has 4 heteroatoms. The maximum Gasteiger partial charge on any atom is 0.0739 e. The van der Waals surface area contributed by atoms with Crippen LogP contribution in [0.15, 0.2) is 42.5 Å². The molecule has 0 saturated carbocycles. The smallest absolute Gasteiger partial charge is 0.0739 e. The van der Waals surface area contributed by atoms with Crippen molar-refractivity contribution in [3.8, 4) is 0 Å². The normalized spacial score (nSPS) is 24.2. The minimum absolute atomic E-state index is 0.177. The minimum atomic E-state index is -0.306. The van der Waals surface area contributed by atoms with Gasteiger partial charge in [-0.1, -0.05) is 30.3 Å². The lowest BCUT2D eigenvalue weighted by atomic mass is 9.84. The van der Waals surface area contributed by atoms with Crippen molar-refractivity contribution in [1.29, 1.82) is 0 Å². The molecule has 0 amide bonds. The Bertz CT molecular complexity index is 753. The Kier molecular flexibility index (Phi) is 4.40. The maximum atomic E-state index is 10.7. The van der Waals surface area contributed by atoms with Gasteiger partial charge in [-0.3, -0.25) is 4.90 Å². The molecular formula is C21H27N3O. The Hall–Kier alpha value is -2.04. The van der Waals surface area contributed by atoms with E-state index in [2.05, 4.69) is 47.1 Å². The number of benzene rings is 2. The Balaban J connectivity index is 1.46. The number of aliphatic hydroxyl groups excluding tert-OH is 1. The van der Waals surface area contributed by atoms with E-state index in [1.54, 1.807) is 0 Å². The highest BCUT2D eigenvalue weighted by Crippen LogP contribution is 2.30. The van der Waals surface area contributed by atoms with Crippen molar-refractivity contribution in [3.63, 3.8) is 0 Å². The van der Waals surface area contributed by atoms with E-state index in [-0.39, 0.29) is 12.1 Å². The highest BCUT2D eigenvalue weighted by Gasteiger charge is 2.34. The number of hydrogen-bond donors (Lipinski definition) is 2. The van der Waals surface area contributed by atoms with E-state index in [1.807, 2.05) is 12.1 Å². The lowest BCUT2D eigenvalue weighted by Crippen LogP contribution is -2.56. The molecule has 1 aliphatic heterocycles. The molecule has 0 spiro atoms. The Morgan fingerprint density at radius 1 is 0.960 bits per heavy atom. The topological polar surface area (TPSA) is 52.7 Å². The predicted octanol–water partition coefficient (Wildman–Crippen LogP) is 2.23. The SMILES string of the molecule is Cc1ccccc1N1CCN([C@H]2Cc3c(N)cccc3C[C@@H]2O)CC1. The highest BCUT2D eigenvalue weighted by molar-refractivity contribution is 5.54. The summed E-state index contributed by atoms with van der Waals surface area (Å²) in [6.45, 7) is 6.15. The first-order chi connectivity index (χ1) is 12.1. The zero-order valence-electron chi connectivity index (χ0n) is 14.9. The third-order valence-electron chi connectivity index (χ3n) is 5.84. The number of para-hydroxylation sites is 1. The summed E-state index contributed by atoms with van der Waals surface area (Å²) >= 11 is 0. The fraction of sp³-hybridized carbons (Fsp3) is 0.429. The van der Waals surface area contributed by atoms with Gasteiger partial charge in [0.25, 0.3) is 0 Å². The van der Waals surface area contributed by atoms with Crippen molar-refractivity contribution in [2.45, 2.75) is 31.9 Å². The molecule has 2 aliphatic rings. The van der Waals surface area contributed by atoms with Crippen molar-refractivity contribution in [2.75, 3.05) is 36.8 Å². The standard InChI is InChI=1S/C21H27N3O/c1-15-5-2-3-8-19(15)23-9-11-24(12-10-23)20-14-17-16(13-21(20)25)6-4-7-18(17)22/h2-8,20-21,25H,9-14,22H2,1H3/t20-,21-/m0/s1. The first-order valence-corrected chi connectivity index (χ1v) is 9.22. The zero-order chi connectivity index (χ0) is 17.4. The number of nitrogens with zero attached hydrogens (tertiary/aromatic N) is 2. The first-order valence-electron chi connectivity index (χ1n) is 9.22. The fourth-order valence-electron chi connectivity index (χ4n) is 4.39. The largest absolute Gasteiger partial charge is 0.398 e. The van der Waals surface area contributed by atoms with Crippen molar-refractivity contribution < 1.29 is 5.11 Å². The van der Waals surface area contributed by atoms with Gasteiger partial charge in [-0.05, 0) is 42.2 Å². The molecule has 1 fully saturated rings. The molecule has 0 aromatic heterocycles. The number of nitrogens with two attached hydrogens (primary N) is 1. The van der Waals surface area contributed by atoms with Gasteiger partial charge < -0.3 is 15.7 Å². The van der Waals surface area contributed by atoms with E-state index in [0.717, 1.165) is 38.3 Å². The van der Waals surface area contributed by atoms with Crippen LogP contribution in [0.1, 0.15) is 16.7 Å². The molecule has 0 bridgehead atoms. The van der Waals surface area contributed by atoms with Crippen molar-refractivity contribution >= 4 is 11.4 Å². The summed E-state index contributed by atoms with van der Waals surface area (Å²) in [5.41, 5.74) is 12.2. The van der Waals surface area contributed by atoms with Gasteiger partial charge in [-0.25, -0.2) is 0 Å². The van der Waals surface area contributed by atoms with Gasteiger partial charge in [0.1, 0.15) is 0 Å². The molecule has 2 atom stereocenters. The lowest BCUT2D eigenvalue weighted by molar-refractivity contribution is 0.0397. The van der Waals surface area contributed by atoms with Crippen LogP contribution in [0.5, 0.6) is 0 Å². The number of aryl methyl sites for hydroxylation is 1. The molecule has 0 radical (unpaired) electrons. The average molecular weight is 337 g/mol. The molecule has 2 aromatic carbocycles. The van der Waals surface area contributed by atoms with Crippen LogP contribution in [0.2, 0.25) is 0 Å². The molecule has 0 unspecified atom stereocenters. The highest BCUT2D eigenvalue weighted by atomic mass is 16.3. The number of piperazine rings is 1. The molecule has 132 valence electrons. The van der Waals surface area contributed by atoms with Gasteiger partial charge in [0.2, 0.25) is 0 Å². The molecular weight excluding hydrogens is 310 g/mol. The number of anilines is 2. The third kappa shape index (κ3) is 3.12. The van der Waals surface area contributed by atoms with Crippen molar-refractivity contribution in [3.05, 3.63) is 59.2 Å². The summed E-state index contributed by atoms with van der Waals surface area (Å²) in [5, 5.41) is 10.7. The third-order valence-corrected chi connectivity index (χ3v) is 5.84. The summed E-state index contributed by atoms with van der Waals surface area (Å²) in [7, 11) is 0. The van der Waals surface area contributed by atoms with E-state index in [4.69, 9.17) is 5.73 Å². The van der Waals surface area contributed by atoms with Gasteiger partial charge in [-0.2, -0.15) is 0 Å². The van der Waals surface area contributed by atoms with Crippen LogP contribution in [-0.4, -0.2) is 48.3 Å². The van der Waals surface area contributed by atoms with Crippen molar-refractivity contribution in [2.24, 2.45) is 0 Å². The van der Waals surface area contributed by atoms with Gasteiger partial charge in [0.05, 0.1) is 6.10 Å². The minimum Gasteiger partial charge on any atom is -0.398 e. The quantitative estimate of drug-likeness (QED) is 0.825. The maximum absolute atomic E-state index is 10.7. The van der Waals surface area contributed by atoms with E-state index < -0.39 is 0 Å². The second-order valence-electron chi connectivity index (χ2n) is 7.34. The molecule has 1 aliphatic carbocycles. The van der Waals surface area contributed by atoms with Crippen LogP contribution in [0.4, 0.5) is 11.4 Å². The van der Waals surface area contributed by atoms with Crippen LogP contribution in [-0.2, 0) is 12.8 Å². The molecule has 25 heavy (non-hydrogen) atoms. The monoisotopic (exact) mass is 337 g/mol. The number of fused-ring (bicyclic) bond motifs is 1. The van der Waals surface area contributed by atoms with Crippen molar-refractivity contribution in [1.82, 2.24) is 4.90 Å². The molecule has 2 aromatic rings. The average Bonchev–Trinajstić information content (AvgIpc) is 2.62. The molecule has 3 N–H and O–H groups in total. The summed E-state index contributed by atoms with van der Waals surface area (Å²) < 4.78 is 0. The molecule has 4 rings (SSSR count). The molecule has 4 nitrogen and oxygen atoms in total. The fourth-order valence-corrected chi connectivity index (χ4v) is 4.39. The number of hydrogen-bond acceptors (Lipinski definition) is 4. The first kappa shape index (κ1) is 16.4. The second kappa shape index (κ2) is 6.70. The lowest BCUT2D eigenvalue weighted by Gasteiger charge is -2.44. The predicted molar refractivity (Wildman–Crippen MR) is 103 cm³/mol. The van der Waals surface area contributed by atoms with E-state index >= 15 is 0 Å². The van der Waals surface area contributed by atoms with Crippen LogP contribution in [0.3, 0.4) is 0 Å². The summed E-state index contributed by atoms with van der Waals surface area (Å²) in [5.74, 6) is 0. The number of aliphatic hydroxyl groups is 1. The number of nitrogen functional groups attached to an aromatic ring is 1. The van der Waals surface area contributed by atoms with E-state index in [0.29, 0.717) is 6.42 Å². The van der Waals surface area contributed by atoms with Gasteiger partial charge >= 0.3 is 0 Å². The summed E-state index contributed by atoms with van der Waals surface area (Å²) in [6, 6.07) is 14.8. The van der Waals surface area contributed by atoms with Crippen LogP contribution < -0.4 is 10.6 Å². The van der Waals surface area contributed by atoms with Gasteiger partial charge in [0, 0.05) is 50.0 Å². The molecule has 1 saturated heterocycles. The Morgan fingerprint density at radius 2 is 1.72 bits per heavy atom.